The van der Waals surface area contributed by atoms with Crippen LogP contribution in [0.25, 0.3) is 16.7 Å². The van der Waals surface area contributed by atoms with E-state index in [1.54, 1.807) is 12.3 Å². The van der Waals surface area contributed by atoms with E-state index in [2.05, 4.69) is 4.98 Å². The van der Waals surface area contributed by atoms with E-state index in [-0.39, 0.29) is 23.3 Å². The van der Waals surface area contributed by atoms with Crippen LogP contribution in [-0.2, 0) is 11.3 Å². The van der Waals surface area contributed by atoms with Crippen LogP contribution in [0.3, 0.4) is 0 Å². The summed E-state index contributed by atoms with van der Waals surface area (Å²) >= 11 is 1.26. The summed E-state index contributed by atoms with van der Waals surface area (Å²) in [5.74, 6) is 0.688. The Hall–Kier alpha value is -3.45. The van der Waals surface area contributed by atoms with E-state index < -0.39 is 0 Å². The van der Waals surface area contributed by atoms with Gasteiger partial charge in [-0.1, -0.05) is 60.3 Å². The highest BCUT2D eigenvalue weighted by atomic mass is 32.2. The van der Waals surface area contributed by atoms with Gasteiger partial charge in [-0.05, 0) is 50.1 Å². The van der Waals surface area contributed by atoms with Gasteiger partial charge in [0.2, 0.25) is 5.91 Å². The average Bonchev–Trinajstić information content (AvgIpc) is 2.82. The molecule has 7 heteroatoms. The number of thioether (sulfide) groups is 1. The molecule has 2 heterocycles. The number of hydrogen-bond donors (Lipinski definition) is 0. The summed E-state index contributed by atoms with van der Waals surface area (Å²) in [4.78, 5) is 37.6. The zero-order valence-corrected chi connectivity index (χ0v) is 19.7. The third-order valence-corrected chi connectivity index (χ3v) is 6.33. The molecule has 4 aromatic rings. The van der Waals surface area contributed by atoms with Crippen molar-refractivity contribution >= 4 is 28.6 Å². The Kier molecular flexibility index (Phi) is 6.89. The summed E-state index contributed by atoms with van der Waals surface area (Å²) in [7, 11) is 0. The van der Waals surface area contributed by atoms with Crippen molar-refractivity contribution in [3.63, 3.8) is 0 Å². The maximum Gasteiger partial charge on any atom is 0.267 e. The van der Waals surface area contributed by atoms with E-state index in [4.69, 9.17) is 4.98 Å². The molecule has 0 aliphatic carbocycles. The van der Waals surface area contributed by atoms with E-state index in [9.17, 15) is 9.59 Å². The second kappa shape index (κ2) is 10.0. The lowest BCUT2D eigenvalue weighted by Crippen LogP contribution is -2.37. The van der Waals surface area contributed by atoms with Gasteiger partial charge in [0.25, 0.3) is 5.56 Å². The first-order chi connectivity index (χ1) is 16.0. The van der Waals surface area contributed by atoms with Gasteiger partial charge in [0.05, 0.1) is 16.7 Å². The lowest BCUT2D eigenvalue weighted by atomic mass is 10.2. The van der Waals surface area contributed by atoms with Crippen LogP contribution in [0.2, 0.25) is 0 Å². The van der Waals surface area contributed by atoms with E-state index in [0.29, 0.717) is 28.4 Å². The Morgan fingerprint density at radius 3 is 2.48 bits per heavy atom. The number of carbonyl (C=O) groups is 1. The number of aromatic nitrogens is 3. The van der Waals surface area contributed by atoms with Gasteiger partial charge in [-0.15, -0.1) is 0 Å². The molecule has 33 heavy (non-hydrogen) atoms. The maximum absolute atomic E-state index is 13.4. The fourth-order valence-electron chi connectivity index (χ4n) is 3.66. The van der Waals surface area contributed by atoms with Crippen molar-refractivity contribution in [3.05, 3.63) is 94.4 Å². The predicted octanol–water partition coefficient (Wildman–Crippen LogP) is 4.62. The first-order valence-corrected chi connectivity index (χ1v) is 11.8. The molecule has 0 unspecified atom stereocenters. The molecule has 6 nitrogen and oxygen atoms in total. The topological polar surface area (TPSA) is 68.1 Å². The van der Waals surface area contributed by atoms with Crippen molar-refractivity contribution in [2.24, 2.45) is 0 Å². The SMILES string of the molecule is Cc1cccnc1-n1c(SCC(=O)N(Cc2ccccc2)C(C)C)nc2ccccc2c1=O. The van der Waals surface area contributed by atoms with Crippen LogP contribution in [0.5, 0.6) is 0 Å². The molecule has 0 aliphatic heterocycles. The van der Waals surface area contributed by atoms with Gasteiger partial charge < -0.3 is 4.90 Å². The smallest absolute Gasteiger partial charge is 0.267 e. The average molecular weight is 459 g/mol. The second-order valence-corrected chi connectivity index (χ2v) is 9.03. The van der Waals surface area contributed by atoms with Crippen LogP contribution >= 0.6 is 11.8 Å². The summed E-state index contributed by atoms with van der Waals surface area (Å²) in [5, 5.41) is 0.975. The van der Waals surface area contributed by atoms with Gasteiger partial charge in [0.15, 0.2) is 5.16 Å². The molecule has 1 amide bonds. The molecule has 2 aromatic carbocycles. The Morgan fingerprint density at radius 1 is 1.03 bits per heavy atom. The Balaban J connectivity index is 1.68. The summed E-state index contributed by atoms with van der Waals surface area (Å²) < 4.78 is 1.52. The number of carbonyl (C=O) groups excluding carboxylic acids is 1. The second-order valence-electron chi connectivity index (χ2n) is 8.09. The van der Waals surface area contributed by atoms with Crippen molar-refractivity contribution in [1.29, 1.82) is 0 Å². The fourth-order valence-corrected chi connectivity index (χ4v) is 4.54. The van der Waals surface area contributed by atoms with Crippen LogP contribution < -0.4 is 5.56 Å². The zero-order chi connectivity index (χ0) is 23.4. The highest BCUT2D eigenvalue weighted by molar-refractivity contribution is 7.99. The number of pyridine rings is 1. The number of para-hydroxylation sites is 1. The summed E-state index contributed by atoms with van der Waals surface area (Å²) in [6, 6.07) is 21.0. The molecule has 4 rings (SSSR count). The Labute approximate surface area is 197 Å². The summed E-state index contributed by atoms with van der Waals surface area (Å²) in [6.45, 7) is 6.46. The number of benzene rings is 2. The maximum atomic E-state index is 13.4. The van der Waals surface area contributed by atoms with Gasteiger partial charge in [0.1, 0.15) is 5.82 Å². The van der Waals surface area contributed by atoms with Crippen LogP contribution in [0.4, 0.5) is 0 Å². The van der Waals surface area contributed by atoms with Crippen LogP contribution in [-0.4, -0.2) is 37.1 Å². The highest BCUT2D eigenvalue weighted by Gasteiger charge is 2.21. The molecule has 0 saturated heterocycles. The number of hydrogen-bond acceptors (Lipinski definition) is 5. The minimum absolute atomic E-state index is 0.00875. The van der Waals surface area contributed by atoms with Crippen molar-refractivity contribution in [2.75, 3.05) is 5.75 Å². The zero-order valence-electron chi connectivity index (χ0n) is 18.9. The number of aryl methyl sites for hydroxylation is 1. The third kappa shape index (κ3) is 4.98. The molecule has 0 aliphatic rings. The number of amides is 1. The standard InChI is InChI=1S/C26H26N4O2S/c1-18(2)29(16-20-11-5-4-6-12-20)23(31)17-33-26-28-22-14-8-7-13-21(22)25(32)30(26)24-19(3)10-9-15-27-24/h4-15,18H,16-17H2,1-3H3. The molecule has 168 valence electrons. The van der Waals surface area contributed by atoms with E-state index in [1.165, 1.54) is 16.3 Å². The summed E-state index contributed by atoms with van der Waals surface area (Å²) in [5.41, 5.74) is 2.35. The molecular formula is C26H26N4O2S. The quantitative estimate of drug-likeness (QED) is 0.299. The van der Waals surface area contributed by atoms with E-state index in [0.717, 1.165) is 11.1 Å². The van der Waals surface area contributed by atoms with Gasteiger partial charge >= 0.3 is 0 Å². The van der Waals surface area contributed by atoms with Gasteiger partial charge in [-0.2, -0.15) is 0 Å². The minimum Gasteiger partial charge on any atom is -0.335 e. The highest BCUT2D eigenvalue weighted by Crippen LogP contribution is 2.23. The van der Waals surface area contributed by atoms with Crippen LogP contribution in [0.15, 0.2) is 82.9 Å². The van der Waals surface area contributed by atoms with Gasteiger partial charge in [-0.25, -0.2) is 14.5 Å². The lowest BCUT2D eigenvalue weighted by Gasteiger charge is -2.27. The predicted molar refractivity (Wildman–Crippen MR) is 133 cm³/mol. The lowest BCUT2D eigenvalue weighted by molar-refractivity contribution is -0.130. The van der Waals surface area contributed by atoms with Crippen molar-refractivity contribution in [1.82, 2.24) is 19.4 Å². The Morgan fingerprint density at radius 2 is 1.76 bits per heavy atom. The molecular weight excluding hydrogens is 432 g/mol. The molecule has 0 saturated carbocycles. The third-order valence-electron chi connectivity index (χ3n) is 5.40. The molecule has 0 atom stereocenters. The minimum atomic E-state index is -0.192. The molecule has 0 bridgehead atoms. The number of fused-ring (bicyclic) bond motifs is 1. The molecule has 0 fully saturated rings. The van der Waals surface area contributed by atoms with E-state index >= 15 is 0 Å². The van der Waals surface area contributed by atoms with Crippen molar-refractivity contribution in [3.8, 4) is 5.82 Å². The molecule has 0 radical (unpaired) electrons. The van der Waals surface area contributed by atoms with Gasteiger partial charge in [0, 0.05) is 18.8 Å². The summed E-state index contributed by atoms with van der Waals surface area (Å²) in [6.07, 6.45) is 1.66. The first kappa shape index (κ1) is 22.7. The monoisotopic (exact) mass is 458 g/mol. The molecule has 0 N–H and O–H groups in total. The molecule has 2 aromatic heterocycles. The van der Waals surface area contributed by atoms with Crippen molar-refractivity contribution in [2.45, 2.75) is 38.5 Å². The first-order valence-electron chi connectivity index (χ1n) is 10.9. The molecule has 0 spiro atoms. The fraction of sp³-hybridized carbons (Fsp3) is 0.231. The number of rotatable bonds is 7. The van der Waals surface area contributed by atoms with E-state index in [1.807, 2.05) is 86.3 Å². The Bertz CT molecular complexity index is 1340. The largest absolute Gasteiger partial charge is 0.335 e. The van der Waals surface area contributed by atoms with Crippen molar-refractivity contribution < 1.29 is 4.79 Å². The van der Waals surface area contributed by atoms with Gasteiger partial charge in [-0.3, -0.25) is 9.59 Å². The number of nitrogens with zero attached hydrogens (tertiary/aromatic N) is 4. The van der Waals surface area contributed by atoms with Crippen LogP contribution in [0.1, 0.15) is 25.0 Å². The van der Waals surface area contributed by atoms with Crippen LogP contribution in [0, 0.1) is 6.92 Å². The normalized spacial score (nSPS) is 11.2.